The molecule has 3 rings (SSSR count). The van der Waals surface area contributed by atoms with Crippen molar-refractivity contribution in [2.75, 3.05) is 32.1 Å². The van der Waals surface area contributed by atoms with Gasteiger partial charge < -0.3 is 20.3 Å². The van der Waals surface area contributed by atoms with Crippen molar-refractivity contribution in [3.8, 4) is 5.75 Å². The first-order valence-corrected chi connectivity index (χ1v) is 9.58. The van der Waals surface area contributed by atoms with Gasteiger partial charge in [-0.1, -0.05) is 43.3 Å². The van der Waals surface area contributed by atoms with E-state index in [0.717, 1.165) is 17.0 Å². The molecular weight excluding hydrogens is 479 g/mol. The van der Waals surface area contributed by atoms with E-state index in [4.69, 9.17) is 4.74 Å². The van der Waals surface area contributed by atoms with Crippen LogP contribution in [0.3, 0.4) is 0 Å². The van der Waals surface area contributed by atoms with Gasteiger partial charge in [-0.3, -0.25) is 9.79 Å². The van der Waals surface area contributed by atoms with Gasteiger partial charge in [0, 0.05) is 38.2 Å². The molecule has 0 aromatic heterocycles. The van der Waals surface area contributed by atoms with Crippen molar-refractivity contribution in [1.82, 2.24) is 10.6 Å². The summed E-state index contributed by atoms with van der Waals surface area (Å²) in [6.45, 7) is 3.49. The molecule has 0 bridgehead atoms. The van der Waals surface area contributed by atoms with E-state index in [1.54, 1.807) is 14.2 Å². The van der Waals surface area contributed by atoms with Gasteiger partial charge in [-0.2, -0.15) is 0 Å². The van der Waals surface area contributed by atoms with Crippen LogP contribution in [0.25, 0.3) is 0 Å². The van der Waals surface area contributed by atoms with Crippen LogP contribution < -0.4 is 20.3 Å². The molecular formula is C22H29IN4O2. The molecule has 2 N–H and O–H groups in total. The zero-order valence-electron chi connectivity index (χ0n) is 17.1. The number of benzene rings is 2. The zero-order valence-corrected chi connectivity index (χ0v) is 19.4. The first-order valence-electron chi connectivity index (χ1n) is 9.58. The Morgan fingerprint density at radius 2 is 1.90 bits per heavy atom. The summed E-state index contributed by atoms with van der Waals surface area (Å²) < 4.78 is 5.46. The van der Waals surface area contributed by atoms with Gasteiger partial charge in [-0.05, 0) is 23.8 Å². The molecule has 1 fully saturated rings. The third kappa shape index (κ3) is 5.85. The lowest BCUT2D eigenvalue weighted by atomic mass is 10.0. The van der Waals surface area contributed by atoms with E-state index in [1.165, 1.54) is 0 Å². The second-order valence-corrected chi connectivity index (χ2v) is 6.98. The Kier molecular flexibility index (Phi) is 8.75. The Balaban J connectivity index is 0.00000300. The van der Waals surface area contributed by atoms with E-state index in [0.29, 0.717) is 25.5 Å². The number of hydrogen-bond donors (Lipinski definition) is 2. The number of methoxy groups -OCH3 is 1. The lowest BCUT2D eigenvalue weighted by Crippen LogP contribution is -2.45. The summed E-state index contributed by atoms with van der Waals surface area (Å²) in [5.74, 6) is 1.97. The van der Waals surface area contributed by atoms with E-state index in [2.05, 4.69) is 28.6 Å². The minimum Gasteiger partial charge on any atom is -0.496 e. The molecule has 1 amide bonds. The smallest absolute Gasteiger partial charge is 0.229 e. The van der Waals surface area contributed by atoms with Gasteiger partial charge in [0.1, 0.15) is 5.75 Å². The minimum atomic E-state index is 0. The molecule has 1 aliphatic rings. The lowest BCUT2D eigenvalue weighted by Gasteiger charge is -2.21. The van der Waals surface area contributed by atoms with Gasteiger partial charge >= 0.3 is 0 Å². The maximum Gasteiger partial charge on any atom is 0.229 e. The fourth-order valence-corrected chi connectivity index (χ4v) is 3.48. The number of guanidine groups is 1. The Labute approximate surface area is 189 Å². The van der Waals surface area contributed by atoms with E-state index >= 15 is 0 Å². The van der Waals surface area contributed by atoms with Crippen molar-refractivity contribution in [1.29, 1.82) is 0 Å². The molecule has 7 heteroatoms. The first kappa shape index (κ1) is 23.0. The number of amides is 1. The molecule has 2 aromatic rings. The lowest BCUT2D eigenvalue weighted by molar-refractivity contribution is -0.117. The Morgan fingerprint density at radius 1 is 1.21 bits per heavy atom. The summed E-state index contributed by atoms with van der Waals surface area (Å²) in [7, 11) is 3.43. The molecule has 6 nitrogen and oxygen atoms in total. The number of para-hydroxylation sites is 2. The highest BCUT2D eigenvalue weighted by Gasteiger charge is 2.31. The van der Waals surface area contributed by atoms with Crippen LogP contribution in [0.4, 0.5) is 5.69 Å². The number of nitrogens with one attached hydrogen (secondary N) is 2. The van der Waals surface area contributed by atoms with Gasteiger partial charge in [0.2, 0.25) is 5.91 Å². The van der Waals surface area contributed by atoms with Crippen LogP contribution in [0.1, 0.15) is 24.8 Å². The van der Waals surface area contributed by atoms with E-state index in [-0.39, 0.29) is 41.8 Å². The zero-order chi connectivity index (χ0) is 19.9. The maximum atomic E-state index is 12.4. The van der Waals surface area contributed by atoms with E-state index in [1.807, 2.05) is 53.4 Å². The average molecular weight is 508 g/mol. The van der Waals surface area contributed by atoms with Crippen LogP contribution in [-0.2, 0) is 4.79 Å². The predicted molar refractivity (Wildman–Crippen MR) is 129 cm³/mol. The highest BCUT2D eigenvalue weighted by atomic mass is 127. The minimum absolute atomic E-state index is 0. The van der Waals surface area contributed by atoms with Crippen molar-refractivity contribution in [2.24, 2.45) is 4.99 Å². The molecule has 1 aliphatic heterocycles. The molecule has 0 radical (unpaired) electrons. The van der Waals surface area contributed by atoms with Crippen LogP contribution in [0.15, 0.2) is 59.6 Å². The molecule has 0 spiro atoms. The first-order chi connectivity index (χ1) is 13.6. The van der Waals surface area contributed by atoms with Gasteiger partial charge in [-0.15, -0.1) is 24.0 Å². The van der Waals surface area contributed by atoms with Crippen LogP contribution in [0.2, 0.25) is 0 Å². The predicted octanol–water partition coefficient (Wildman–Crippen LogP) is 3.39. The van der Waals surface area contributed by atoms with E-state index in [9.17, 15) is 4.79 Å². The third-order valence-electron chi connectivity index (χ3n) is 5.00. The average Bonchev–Trinajstić information content (AvgIpc) is 3.11. The van der Waals surface area contributed by atoms with Crippen LogP contribution in [0.5, 0.6) is 5.75 Å². The monoisotopic (exact) mass is 508 g/mol. The Hall–Kier alpha value is -2.29. The van der Waals surface area contributed by atoms with Crippen LogP contribution >= 0.6 is 24.0 Å². The van der Waals surface area contributed by atoms with Crippen molar-refractivity contribution in [2.45, 2.75) is 25.3 Å². The number of anilines is 1. The molecule has 0 aliphatic carbocycles. The number of carbonyl (C=O) groups excluding carboxylic acids is 1. The van der Waals surface area contributed by atoms with Crippen molar-refractivity contribution < 1.29 is 9.53 Å². The number of aliphatic imine (C=N–C) groups is 1. The topological polar surface area (TPSA) is 66.0 Å². The fourth-order valence-electron chi connectivity index (χ4n) is 3.48. The molecule has 2 aromatic carbocycles. The summed E-state index contributed by atoms with van der Waals surface area (Å²) >= 11 is 0. The molecule has 29 heavy (non-hydrogen) atoms. The number of hydrogen-bond acceptors (Lipinski definition) is 3. The van der Waals surface area contributed by atoms with Crippen molar-refractivity contribution in [3.05, 3.63) is 60.2 Å². The largest absolute Gasteiger partial charge is 0.496 e. The normalized spacial score (nSPS) is 17.5. The molecule has 2 unspecified atom stereocenters. The number of rotatable bonds is 6. The molecule has 2 atom stereocenters. The van der Waals surface area contributed by atoms with Crippen LogP contribution in [-0.4, -0.2) is 45.2 Å². The van der Waals surface area contributed by atoms with Gasteiger partial charge in [0.15, 0.2) is 5.96 Å². The van der Waals surface area contributed by atoms with Gasteiger partial charge in [-0.25, -0.2) is 0 Å². The number of ether oxygens (including phenoxy) is 1. The number of halogens is 1. The maximum absolute atomic E-state index is 12.4. The Bertz CT molecular complexity index is 829. The molecule has 1 heterocycles. The molecule has 156 valence electrons. The number of nitrogens with zero attached hydrogens (tertiary/aromatic N) is 2. The van der Waals surface area contributed by atoms with Crippen LogP contribution in [0, 0.1) is 0 Å². The third-order valence-corrected chi connectivity index (χ3v) is 5.00. The fraction of sp³-hybridized carbons (Fsp3) is 0.364. The highest BCUT2D eigenvalue weighted by Crippen LogP contribution is 2.25. The summed E-state index contributed by atoms with van der Waals surface area (Å²) in [6, 6.07) is 17.8. The standard InChI is InChI=1S/C22H28N4O2.HI/c1-16(19-11-7-8-12-20(19)28-3)14-24-22(23-2)25-17-13-21(27)26(15-17)18-9-5-4-6-10-18;/h4-12,16-17H,13-15H2,1-3H3,(H2,23,24,25);1H. The SMILES string of the molecule is CN=C(NCC(C)c1ccccc1OC)NC1CC(=O)N(c2ccccc2)C1.I. The quantitative estimate of drug-likeness (QED) is 0.357. The Morgan fingerprint density at radius 3 is 2.59 bits per heavy atom. The summed E-state index contributed by atoms with van der Waals surface area (Å²) in [6.07, 6.45) is 0.456. The van der Waals surface area contributed by atoms with Crippen molar-refractivity contribution >= 4 is 41.5 Å². The summed E-state index contributed by atoms with van der Waals surface area (Å²) in [5, 5.41) is 6.75. The second-order valence-electron chi connectivity index (χ2n) is 6.98. The van der Waals surface area contributed by atoms with Crippen molar-refractivity contribution in [3.63, 3.8) is 0 Å². The molecule has 0 saturated carbocycles. The van der Waals surface area contributed by atoms with Gasteiger partial charge in [0.05, 0.1) is 13.2 Å². The highest BCUT2D eigenvalue weighted by molar-refractivity contribution is 14.0. The van der Waals surface area contributed by atoms with Gasteiger partial charge in [0.25, 0.3) is 0 Å². The summed E-state index contributed by atoms with van der Waals surface area (Å²) in [5.41, 5.74) is 2.09. The molecule has 1 saturated heterocycles. The second kappa shape index (κ2) is 11.0. The van der Waals surface area contributed by atoms with E-state index < -0.39 is 0 Å². The number of carbonyl (C=O) groups is 1. The summed E-state index contributed by atoms with van der Waals surface area (Å²) in [4.78, 5) is 18.5.